The van der Waals surface area contributed by atoms with Crippen molar-refractivity contribution < 1.29 is 9.32 Å². The largest absolute Gasteiger partial charge is 0.351 e. The minimum atomic E-state index is -0.0976. The zero-order valence-corrected chi connectivity index (χ0v) is 11.7. The van der Waals surface area contributed by atoms with Crippen molar-refractivity contribution in [3.8, 4) is 0 Å². The molecule has 5 heteroatoms. The summed E-state index contributed by atoms with van der Waals surface area (Å²) in [5.74, 6) is 2.41. The molecule has 0 spiro atoms. The quantitative estimate of drug-likeness (QED) is 0.734. The molecular weight excluding hydrogens is 236 g/mol. The summed E-state index contributed by atoms with van der Waals surface area (Å²) in [6.45, 7) is 6.00. The summed E-state index contributed by atoms with van der Waals surface area (Å²) in [5, 5.41) is 3.73. The van der Waals surface area contributed by atoms with Crippen LogP contribution in [0.4, 0.5) is 0 Å². The minimum absolute atomic E-state index is 0.0976. The minimum Gasteiger partial charge on any atom is -0.351 e. The van der Waals surface area contributed by atoms with Crippen molar-refractivity contribution in [2.45, 2.75) is 33.2 Å². The number of nitrogens with zero attached hydrogens (tertiary/aromatic N) is 2. The second kappa shape index (κ2) is 6.69. The van der Waals surface area contributed by atoms with E-state index in [4.69, 9.17) is 4.52 Å². The highest BCUT2D eigenvalue weighted by Gasteiger charge is 2.20. The van der Waals surface area contributed by atoms with Gasteiger partial charge in [0.05, 0.1) is 5.69 Å². The van der Waals surface area contributed by atoms with E-state index >= 15 is 0 Å². The van der Waals surface area contributed by atoms with Gasteiger partial charge in [-0.25, -0.2) is 0 Å². The third-order valence-electron chi connectivity index (χ3n) is 2.70. The van der Waals surface area contributed by atoms with Crippen LogP contribution in [0, 0.1) is 6.92 Å². The molecule has 0 saturated carbocycles. The van der Waals surface area contributed by atoms with Gasteiger partial charge >= 0.3 is 0 Å². The lowest BCUT2D eigenvalue weighted by molar-refractivity contribution is 0.0699. The molecule has 0 radical (unpaired) electrons. The highest BCUT2D eigenvalue weighted by Crippen LogP contribution is 2.12. The van der Waals surface area contributed by atoms with Gasteiger partial charge in [-0.05, 0) is 31.8 Å². The Kier molecular flexibility index (Phi) is 5.55. The Morgan fingerprint density at radius 2 is 2.35 bits per heavy atom. The van der Waals surface area contributed by atoms with Gasteiger partial charge in [0.15, 0.2) is 0 Å². The monoisotopic (exact) mass is 256 g/mol. The van der Waals surface area contributed by atoms with Crippen molar-refractivity contribution >= 4 is 17.7 Å². The van der Waals surface area contributed by atoms with Gasteiger partial charge in [0.1, 0.15) is 0 Å². The Hall–Kier alpha value is -0.970. The van der Waals surface area contributed by atoms with E-state index in [9.17, 15) is 4.79 Å². The molecule has 0 unspecified atom stereocenters. The lowest BCUT2D eigenvalue weighted by Crippen LogP contribution is -2.35. The molecule has 4 nitrogen and oxygen atoms in total. The molecule has 0 aromatic carbocycles. The van der Waals surface area contributed by atoms with Crippen LogP contribution >= 0.6 is 11.8 Å². The number of carbonyl (C=O) groups is 1. The van der Waals surface area contributed by atoms with Crippen LogP contribution in [0.1, 0.15) is 36.5 Å². The number of carbonyl (C=O) groups excluding carboxylic acids is 1. The maximum absolute atomic E-state index is 12.0. The molecule has 0 fully saturated rings. The first kappa shape index (κ1) is 14.1. The van der Waals surface area contributed by atoms with Crippen LogP contribution in [0.15, 0.2) is 10.6 Å². The molecule has 1 rings (SSSR count). The molecule has 1 heterocycles. The summed E-state index contributed by atoms with van der Waals surface area (Å²) in [7, 11) is 1.81. The van der Waals surface area contributed by atoms with Crippen LogP contribution in [0.5, 0.6) is 0 Å². The first-order valence-electron chi connectivity index (χ1n) is 5.84. The Morgan fingerprint density at radius 1 is 1.65 bits per heavy atom. The molecular formula is C12H20N2O2S. The molecule has 17 heavy (non-hydrogen) atoms. The van der Waals surface area contributed by atoms with Crippen molar-refractivity contribution in [3.05, 3.63) is 17.5 Å². The lowest BCUT2D eigenvalue weighted by atomic mass is 10.2. The highest BCUT2D eigenvalue weighted by atomic mass is 32.2. The molecule has 0 aliphatic rings. The molecule has 1 atom stereocenters. The van der Waals surface area contributed by atoms with Gasteiger partial charge in [-0.15, -0.1) is 0 Å². The maximum atomic E-state index is 12.0. The van der Waals surface area contributed by atoms with Crippen molar-refractivity contribution in [1.29, 1.82) is 0 Å². The number of amides is 1. The molecule has 0 aliphatic heterocycles. The van der Waals surface area contributed by atoms with Crippen LogP contribution in [-0.2, 0) is 0 Å². The standard InChI is InChI=1S/C12H20N2O2S/c1-5-17-7-6-10(3)14(4)12(15)11-8-9(2)13-16-11/h8,10H,5-7H2,1-4H3/t10-/m1/s1. The molecule has 1 aromatic heterocycles. The number of hydrogen-bond donors (Lipinski definition) is 0. The van der Waals surface area contributed by atoms with E-state index in [1.807, 2.05) is 25.7 Å². The Morgan fingerprint density at radius 3 is 2.88 bits per heavy atom. The predicted octanol–water partition coefficient (Wildman–Crippen LogP) is 2.59. The fourth-order valence-electron chi connectivity index (χ4n) is 1.43. The zero-order chi connectivity index (χ0) is 12.8. The summed E-state index contributed by atoms with van der Waals surface area (Å²) in [4.78, 5) is 13.7. The summed E-state index contributed by atoms with van der Waals surface area (Å²) >= 11 is 1.89. The number of aromatic nitrogens is 1. The highest BCUT2D eigenvalue weighted by molar-refractivity contribution is 7.99. The second-order valence-electron chi connectivity index (χ2n) is 4.08. The Bertz CT molecular complexity index is 365. The SMILES string of the molecule is CCSCC[C@@H](C)N(C)C(=O)c1cc(C)no1. The van der Waals surface area contributed by atoms with Gasteiger partial charge in [0, 0.05) is 19.2 Å². The second-order valence-corrected chi connectivity index (χ2v) is 5.48. The molecule has 0 aliphatic carbocycles. The summed E-state index contributed by atoms with van der Waals surface area (Å²) in [6.07, 6.45) is 0.994. The summed E-state index contributed by atoms with van der Waals surface area (Å²) < 4.78 is 4.98. The van der Waals surface area contributed by atoms with Crippen molar-refractivity contribution in [3.63, 3.8) is 0 Å². The number of aryl methyl sites for hydroxylation is 1. The van der Waals surface area contributed by atoms with Crippen LogP contribution < -0.4 is 0 Å². The van der Waals surface area contributed by atoms with E-state index in [0.29, 0.717) is 5.76 Å². The lowest BCUT2D eigenvalue weighted by Gasteiger charge is -2.23. The summed E-state index contributed by atoms with van der Waals surface area (Å²) in [5.41, 5.74) is 0.732. The smallest absolute Gasteiger partial charge is 0.292 e. The molecule has 0 bridgehead atoms. The van der Waals surface area contributed by atoms with E-state index in [1.54, 1.807) is 11.0 Å². The van der Waals surface area contributed by atoms with Crippen molar-refractivity contribution in [1.82, 2.24) is 10.1 Å². The topological polar surface area (TPSA) is 46.3 Å². The fourth-order valence-corrected chi connectivity index (χ4v) is 2.23. The predicted molar refractivity (Wildman–Crippen MR) is 70.4 cm³/mol. The van der Waals surface area contributed by atoms with E-state index in [1.165, 1.54) is 0 Å². The van der Waals surface area contributed by atoms with Crippen molar-refractivity contribution in [2.75, 3.05) is 18.6 Å². The zero-order valence-electron chi connectivity index (χ0n) is 10.9. The number of thioether (sulfide) groups is 1. The number of hydrogen-bond acceptors (Lipinski definition) is 4. The third-order valence-corrected chi connectivity index (χ3v) is 3.64. The van der Waals surface area contributed by atoms with Gasteiger partial charge in [-0.2, -0.15) is 11.8 Å². The van der Waals surface area contributed by atoms with E-state index in [2.05, 4.69) is 19.0 Å². The van der Waals surface area contributed by atoms with Gasteiger partial charge in [-0.1, -0.05) is 12.1 Å². The van der Waals surface area contributed by atoms with Gasteiger partial charge in [0.25, 0.3) is 5.91 Å². The van der Waals surface area contributed by atoms with Gasteiger partial charge in [-0.3, -0.25) is 4.79 Å². The average molecular weight is 256 g/mol. The van der Waals surface area contributed by atoms with Crippen LogP contribution in [0.25, 0.3) is 0 Å². The molecule has 1 amide bonds. The van der Waals surface area contributed by atoms with Crippen LogP contribution in [0.3, 0.4) is 0 Å². The molecule has 1 aromatic rings. The summed E-state index contributed by atoms with van der Waals surface area (Å²) in [6, 6.07) is 1.89. The van der Waals surface area contributed by atoms with Crippen LogP contribution in [0.2, 0.25) is 0 Å². The van der Waals surface area contributed by atoms with Gasteiger partial charge < -0.3 is 9.42 Å². The first-order valence-corrected chi connectivity index (χ1v) is 7.00. The molecule has 96 valence electrons. The molecule has 0 saturated heterocycles. The first-order chi connectivity index (χ1) is 8.06. The van der Waals surface area contributed by atoms with Gasteiger partial charge in [0.2, 0.25) is 5.76 Å². The normalized spacial score (nSPS) is 12.5. The molecule has 0 N–H and O–H groups in total. The Labute approximate surface area is 107 Å². The maximum Gasteiger partial charge on any atom is 0.292 e. The van der Waals surface area contributed by atoms with Crippen molar-refractivity contribution in [2.24, 2.45) is 0 Å². The average Bonchev–Trinajstić information content (AvgIpc) is 2.74. The number of rotatable bonds is 6. The van der Waals surface area contributed by atoms with Crippen LogP contribution in [-0.4, -0.2) is 40.6 Å². The Balaban J connectivity index is 2.51. The van der Waals surface area contributed by atoms with E-state index in [0.717, 1.165) is 23.6 Å². The third kappa shape index (κ3) is 4.07. The van der Waals surface area contributed by atoms with E-state index in [-0.39, 0.29) is 11.9 Å². The van der Waals surface area contributed by atoms with E-state index < -0.39 is 0 Å². The fraction of sp³-hybridized carbons (Fsp3) is 0.667.